The molecular weight excluding hydrogens is 288 g/mol. The number of carbonyl (C=O) groups excluding carboxylic acids is 1. The van der Waals surface area contributed by atoms with Gasteiger partial charge in [0, 0.05) is 23.3 Å². The fourth-order valence-electron chi connectivity index (χ4n) is 1.87. The molecule has 0 saturated carbocycles. The van der Waals surface area contributed by atoms with Crippen LogP contribution >= 0.6 is 11.6 Å². The maximum absolute atomic E-state index is 12.6. The fourth-order valence-corrected chi connectivity index (χ4v) is 2.00. The number of hydrogen-bond acceptors (Lipinski definition) is 4. The van der Waals surface area contributed by atoms with Gasteiger partial charge in [0.2, 0.25) is 5.78 Å². The average Bonchev–Trinajstić information content (AvgIpc) is 2.54. The van der Waals surface area contributed by atoms with Gasteiger partial charge in [-0.1, -0.05) is 25.4 Å². The highest BCUT2D eigenvalue weighted by atomic mass is 35.5. The van der Waals surface area contributed by atoms with Gasteiger partial charge < -0.3 is 4.74 Å². The molecule has 0 aliphatic rings. The van der Waals surface area contributed by atoms with Crippen LogP contribution in [0.15, 0.2) is 42.9 Å². The van der Waals surface area contributed by atoms with Gasteiger partial charge in [-0.2, -0.15) is 0 Å². The predicted molar refractivity (Wildman–Crippen MR) is 81.7 cm³/mol. The van der Waals surface area contributed by atoms with Crippen molar-refractivity contribution in [3.63, 3.8) is 0 Å². The molecule has 0 radical (unpaired) electrons. The van der Waals surface area contributed by atoms with Crippen molar-refractivity contribution in [1.82, 2.24) is 9.97 Å². The summed E-state index contributed by atoms with van der Waals surface area (Å²) in [5, 5.41) is 0.627. The van der Waals surface area contributed by atoms with Gasteiger partial charge in [0.15, 0.2) is 6.10 Å². The Morgan fingerprint density at radius 3 is 2.57 bits per heavy atom. The first-order chi connectivity index (χ1) is 10.1. The van der Waals surface area contributed by atoms with Crippen LogP contribution in [0.2, 0.25) is 5.02 Å². The summed E-state index contributed by atoms with van der Waals surface area (Å²) in [7, 11) is 0. The Balaban J connectivity index is 2.22. The largest absolute Gasteiger partial charge is 0.482 e. The summed E-state index contributed by atoms with van der Waals surface area (Å²) in [6, 6.07) is 6.97. The number of halogens is 1. The molecule has 2 unspecified atom stereocenters. The molecule has 0 saturated heterocycles. The van der Waals surface area contributed by atoms with E-state index in [1.165, 1.54) is 18.6 Å². The molecule has 0 bridgehead atoms. The Morgan fingerprint density at radius 2 is 2.00 bits per heavy atom. The Bertz CT molecular complexity index is 587. The van der Waals surface area contributed by atoms with Crippen LogP contribution in [0.25, 0.3) is 0 Å². The highest BCUT2D eigenvalue weighted by Gasteiger charge is 2.28. The highest BCUT2D eigenvalue weighted by Crippen LogP contribution is 2.22. The van der Waals surface area contributed by atoms with Crippen LogP contribution in [-0.2, 0) is 0 Å². The SMILES string of the molecule is CCC(C)C(Oc1ccc(Cl)cc1)C(=O)c1cnccn1. The summed E-state index contributed by atoms with van der Waals surface area (Å²) in [5.74, 6) is 0.518. The molecule has 4 nitrogen and oxygen atoms in total. The molecule has 2 aromatic rings. The highest BCUT2D eigenvalue weighted by molar-refractivity contribution is 6.30. The molecule has 5 heteroatoms. The number of benzene rings is 1. The van der Waals surface area contributed by atoms with Gasteiger partial charge in [-0.3, -0.25) is 9.78 Å². The Kier molecular flexibility index (Phi) is 5.28. The molecule has 2 rings (SSSR count). The van der Waals surface area contributed by atoms with Crippen molar-refractivity contribution in [2.45, 2.75) is 26.4 Å². The zero-order chi connectivity index (χ0) is 15.2. The molecule has 21 heavy (non-hydrogen) atoms. The van der Waals surface area contributed by atoms with Crippen molar-refractivity contribution in [3.8, 4) is 5.75 Å². The third-order valence-corrected chi connectivity index (χ3v) is 3.56. The van der Waals surface area contributed by atoms with Crippen LogP contribution in [0, 0.1) is 5.92 Å². The minimum atomic E-state index is -0.590. The second kappa shape index (κ2) is 7.18. The molecule has 2 atom stereocenters. The predicted octanol–water partition coefficient (Wildman–Crippen LogP) is 3.81. The quantitative estimate of drug-likeness (QED) is 0.762. The topological polar surface area (TPSA) is 52.1 Å². The number of nitrogens with zero attached hydrogens (tertiary/aromatic N) is 2. The van der Waals surface area contributed by atoms with Crippen molar-refractivity contribution in [2.75, 3.05) is 0 Å². The first-order valence-electron chi connectivity index (χ1n) is 6.84. The third kappa shape index (κ3) is 4.02. The second-order valence-electron chi connectivity index (χ2n) is 4.83. The van der Waals surface area contributed by atoms with E-state index in [9.17, 15) is 4.79 Å². The van der Waals surface area contributed by atoms with E-state index in [-0.39, 0.29) is 11.7 Å². The Morgan fingerprint density at radius 1 is 1.29 bits per heavy atom. The van der Waals surface area contributed by atoms with E-state index >= 15 is 0 Å². The van der Waals surface area contributed by atoms with E-state index in [1.54, 1.807) is 24.3 Å². The van der Waals surface area contributed by atoms with Crippen molar-refractivity contribution >= 4 is 17.4 Å². The summed E-state index contributed by atoms with van der Waals surface area (Å²) >= 11 is 5.86. The Labute approximate surface area is 129 Å². The zero-order valence-corrected chi connectivity index (χ0v) is 12.7. The van der Waals surface area contributed by atoms with E-state index in [2.05, 4.69) is 9.97 Å². The maximum atomic E-state index is 12.6. The van der Waals surface area contributed by atoms with Crippen molar-refractivity contribution in [3.05, 3.63) is 53.6 Å². The van der Waals surface area contributed by atoms with Gasteiger partial charge in [-0.15, -0.1) is 0 Å². The lowest BCUT2D eigenvalue weighted by Crippen LogP contribution is -2.34. The minimum absolute atomic E-state index is 0.0650. The molecule has 0 spiro atoms. The number of hydrogen-bond donors (Lipinski definition) is 0. The first-order valence-corrected chi connectivity index (χ1v) is 7.22. The molecule has 1 heterocycles. The Hall–Kier alpha value is -1.94. The van der Waals surface area contributed by atoms with Crippen LogP contribution in [0.4, 0.5) is 0 Å². The van der Waals surface area contributed by atoms with E-state index in [1.807, 2.05) is 13.8 Å². The maximum Gasteiger partial charge on any atom is 0.223 e. The summed E-state index contributed by atoms with van der Waals surface area (Å²) < 4.78 is 5.86. The van der Waals surface area contributed by atoms with Crippen molar-refractivity contribution in [1.29, 1.82) is 0 Å². The summed E-state index contributed by atoms with van der Waals surface area (Å²) in [4.78, 5) is 20.6. The normalized spacial score (nSPS) is 13.5. The number of ether oxygens (including phenoxy) is 1. The number of carbonyl (C=O) groups is 1. The molecule has 0 aliphatic carbocycles. The smallest absolute Gasteiger partial charge is 0.223 e. The molecule has 1 aromatic heterocycles. The van der Waals surface area contributed by atoms with Crippen molar-refractivity contribution < 1.29 is 9.53 Å². The van der Waals surface area contributed by atoms with E-state index in [0.717, 1.165) is 6.42 Å². The third-order valence-electron chi connectivity index (χ3n) is 3.31. The van der Waals surface area contributed by atoms with Crippen LogP contribution in [0.5, 0.6) is 5.75 Å². The van der Waals surface area contributed by atoms with E-state index in [0.29, 0.717) is 16.5 Å². The van der Waals surface area contributed by atoms with Crippen LogP contribution in [0.3, 0.4) is 0 Å². The second-order valence-corrected chi connectivity index (χ2v) is 5.27. The lowest BCUT2D eigenvalue weighted by Gasteiger charge is -2.22. The molecule has 1 aromatic carbocycles. The van der Waals surface area contributed by atoms with Gasteiger partial charge >= 0.3 is 0 Å². The molecule has 110 valence electrons. The van der Waals surface area contributed by atoms with Crippen molar-refractivity contribution in [2.24, 2.45) is 5.92 Å². The van der Waals surface area contributed by atoms with Gasteiger partial charge in [0.25, 0.3) is 0 Å². The standard InChI is InChI=1S/C16H17ClN2O2/c1-3-11(2)16(15(20)14-10-18-8-9-19-14)21-13-6-4-12(17)5-7-13/h4-11,16H,3H2,1-2H3. The molecule has 0 N–H and O–H groups in total. The van der Waals surface area contributed by atoms with Gasteiger partial charge in [0.05, 0.1) is 6.20 Å². The van der Waals surface area contributed by atoms with Gasteiger partial charge in [-0.05, 0) is 30.7 Å². The molecule has 0 amide bonds. The van der Waals surface area contributed by atoms with Gasteiger partial charge in [-0.25, -0.2) is 4.98 Å². The fraction of sp³-hybridized carbons (Fsp3) is 0.312. The average molecular weight is 305 g/mol. The lowest BCUT2D eigenvalue weighted by atomic mass is 9.96. The summed E-state index contributed by atoms with van der Waals surface area (Å²) in [6.45, 7) is 4.00. The molecular formula is C16H17ClN2O2. The van der Waals surface area contributed by atoms with Gasteiger partial charge in [0.1, 0.15) is 11.4 Å². The van der Waals surface area contributed by atoms with E-state index < -0.39 is 6.10 Å². The molecule has 0 aliphatic heterocycles. The van der Waals surface area contributed by atoms with Crippen LogP contribution in [0.1, 0.15) is 30.8 Å². The molecule has 0 fully saturated rings. The summed E-state index contributed by atoms with van der Waals surface area (Å²) in [6.07, 6.45) is 4.73. The van der Waals surface area contributed by atoms with Crippen LogP contribution < -0.4 is 4.74 Å². The lowest BCUT2D eigenvalue weighted by molar-refractivity contribution is 0.0683. The first kappa shape index (κ1) is 15.4. The number of Topliss-reactive ketones (excluding diaryl/α,β-unsaturated/α-hetero) is 1. The number of rotatable bonds is 6. The zero-order valence-electron chi connectivity index (χ0n) is 12.0. The number of ketones is 1. The number of aromatic nitrogens is 2. The van der Waals surface area contributed by atoms with E-state index in [4.69, 9.17) is 16.3 Å². The minimum Gasteiger partial charge on any atom is -0.482 e. The summed E-state index contributed by atoms with van der Waals surface area (Å²) in [5.41, 5.74) is 0.316. The monoisotopic (exact) mass is 304 g/mol. The van der Waals surface area contributed by atoms with Crippen LogP contribution in [-0.4, -0.2) is 21.9 Å².